The normalized spacial score (nSPS) is 16.7. The molecule has 41 heavy (non-hydrogen) atoms. The second-order valence-electron chi connectivity index (χ2n) is 11.1. The maximum Gasteiger partial charge on any atom is 0.278 e. The van der Waals surface area contributed by atoms with Crippen LogP contribution in [0.25, 0.3) is 11.0 Å². The molecule has 2 aliphatic rings. The minimum absolute atomic E-state index is 0.0812. The van der Waals surface area contributed by atoms with Crippen LogP contribution >= 0.6 is 0 Å². The van der Waals surface area contributed by atoms with E-state index in [9.17, 15) is 9.59 Å². The fraction of sp³-hybridized carbons (Fsp3) is 0.414. The van der Waals surface area contributed by atoms with E-state index in [0.29, 0.717) is 34.5 Å². The minimum Gasteiger partial charge on any atom is -0.495 e. The lowest BCUT2D eigenvalue weighted by molar-refractivity contribution is -0.104. The van der Waals surface area contributed by atoms with Gasteiger partial charge < -0.3 is 19.9 Å². The van der Waals surface area contributed by atoms with Crippen molar-refractivity contribution >= 4 is 40.5 Å². The largest absolute Gasteiger partial charge is 0.495 e. The van der Waals surface area contributed by atoms with Crippen molar-refractivity contribution in [2.75, 3.05) is 57.6 Å². The van der Waals surface area contributed by atoms with Crippen molar-refractivity contribution in [3.8, 4) is 5.75 Å². The van der Waals surface area contributed by atoms with Gasteiger partial charge in [0, 0.05) is 62.6 Å². The van der Waals surface area contributed by atoms with E-state index in [-0.39, 0.29) is 18.1 Å². The summed E-state index contributed by atoms with van der Waals surface area (Å²) in [5.41, 5.74) is 2.27. The summed E-state index contributed by atoms with van der Waals surface area (Å²) in [4.78, 5) is 38.3. The first-order valence-corrected chi connectivity index (χ1v) is 13.6. The highest BCUT2D eigenvalue weighted by Crippen LogP contribution is 2.44. The van der Waals surface area contributed by atoms with Crippen LogP contribution < -0.4 is 20.5 Å². The minimum atomic E-state index is -0.290. The van der Waals surface area contributed by atoms with Gasteiger partial charge in [-0.15, -0.1) is 6.58 Å². The summed E-state index contributed by atoms with van der Waals surface area (Å²) in [6.45, 7) is 12.3. The Kier molecular flexibility index (Phi) is 7.68. The van der Waals surface area contributed by atoms with Gasteiger partial charge in [-0.3, -0.25) is 14.6 Å². The number of carbonyl (C=O) groups is 1. The van der Waals surface area contributed by atoms with Crippen molar-refractivity contribution in [1.29, 1.82) is 0 Å². The van der Waals surface area contributed by atoms with E-state index in [1.807, 2.05) is 39.1 Å². The Balaban J connectivity index is 1.49. The number of carbonyl (C=O) groups excluding carboxylic acids is 1. The fourth-order valence-corrected chi connectivity index (χ4v) is 5.54. The molecule has 2 saturated heterocycles. The molecule has 12 nitrogen and oxygen atoms in total. The van der Waals surface area contributed by atoms with Crippen molar-refractivity contribution in [3.05, 3.63) is 59.6 Å². The fourth-order valence-electron chi connectivity index (χ4n) is 5.54. The molecular weight excluding hydrogens is 522 g/mol. The summed E-state index contributed by atoms with van der Waals surface area (Å²) >= 11 is 0. The summed E-state index contributed by atoms with van der Waals surface area (Å²) < 4.78 is 8.79. The van der Waals surface area contributed by atoms with E-state index >= 15 is 0 Å². The van der Waals surface area contributed by atoms with E-state index in [0.717, 1.165) is 43.3 Å². The van der Waals surface area contributed by atoms with Gasteiger partial charge in [-0.05, 0) is 45.2 Å². The highest BCUT2D eigenvalue weighted by Gasteiger charge is 2.50. The molecule has 1 aromatic carbocycles. The molecule has 0 bridgehead atoms. The van der Waals surface area contributed by atoms with E-state index in [2.05, 4.69) is 38.8 Å². The number of rotatable bonds is 10. The van der Waals surface area contributed by atoms with Crippen LogP contribution in [0.1, 0.15) is 13.8 Å². The van der Waals surface area contributed by atoms with Gasteiger partial charge in [0.25, 0.3) is 5.56 Å². The van der Waals surface area contributed by atoms with Crippen molar-refractivity contribution in [1.82, 2.24) is 29.2 Å². The average Bonchev–Trinajstić information content (AvgIpc) is 3.18. The third-order valence-corrected chi connectivity index (χ3v) is 7.57. The summed E-state index contributed by atoms with van der Waals surface area (Å²) in [6.07, 6.45) is 6.66. The number of aldehydes is 1. The van der Waals surface area contributed by atoms with Crippen LogP contribution in [0.3, 0.4) is 0 Å². The zero-order chi connectivity index (χ0) is 29.3. The first-order valence-electron chi connectivity index (χ1n) is 13.6. The number of benzene rings is 1. The van der Waals surface area contributed by atoms with Gasteiger partial charge in [0.15, 0.2) is 11.5 Å². The molecule has 0 unspecified atom stereocenters. The van der Waals surface area contributed by atoms with Gasteiger partial charge in [0.1, 0.15) is 17.4 Å². The quantitative estimate of drug-likeness (QED) is 0.1000. The lowest BCUT2D eigenvalue weighted by Gasteiger charge is -2.60. The van der Waals surface area contributed by atoms with Crippen molar-refractivity contribution in [2.24, 2.45) is 10.5 Å². The molecule has 0 amide bonds. The van der Waals surface area contributed by atoms with Crippen LogP contribution in [0.15, 0.2) is 59.1 Å². The number of methoxy groups -OCH3 is 1. The molecule has 3 aromatic rings. The number of nitrogens with one attached hydrogen (secondary N) is 1. The Morgan fingerprint density at radius 3 is 2.68 bits per heavy atom. The van der Waals surface area contributed by atoms with Gasteiger partial charge >= 0.3 is 0 Å². The molecule has 0 radical (unpaired) electrons. The van der Waals surface area contributed by atoms with Crippen molar-refractivity contribution in [2.45, 2.75) is 26.4 Å². The van der Waals surface area contributed by atoms with Crippen LogP contribution in [-0.4, -0.2) is 94.8 Å². The molecule has 2 fully saturated rings. The third-order valence-electron chi connectivity index (χ3n) is 7.57. The smallest absolute Gasteiger partial charge is 0.278 e. The Morgan fingerprint density at radius 2 is 2.05 bits per heavy atom. The zero-order valence-corrected chi connectivity index (χ0v) is 24.2. The summed E-state index contributed by atoms with van der Waals surface area (Å²) in [6, 6.07) is 6.02. The number of aromatic nitrogens is 4. The highest BCUT2D eigenvalue weighted by atomic mass is 16.5. The van der Waals surface area contributed by atoms with Gasteiger partial charge in [0.05, 0.1) is 19.3 Å². The molecule has 1 N–H and O–H groups in total. The Morgan fingerprint density at radius 1 is 1.29 bits per heavy atom. The van der Waals surface area contributed by atoms with Gasteiger partial charge in [-0.1, -0.05) is 6.08 Å². The zero-order valence-electron chi connectivity index (χ0n) is 24.2. The topological polar surface area (TPSA) is 113 Å². The number of ether oxygens (including phenoxy) is 1. The molecule has 4 heterocycles. The lowest BCUT2D eigenvalue weighted by Crippen LogP contribution is -2.71. The number of hydrogen-bond acceptors (Lipinski definition) is 10. The molecule has 0 saturated carbocycles. The molecule has 2 aromatic heterocycles. The number of hydrazone groups is 1. The predicted molar refractivity (Wildman–Crippen MR) is 161 cm³/mol. The van der Waals surface area contributed by atoms with E-state index in [1.54, 1.807) is 29.0 Å². The van der Waals surface area contributed by atoms with Crippen molar-refractivity contribution < 1.29 is 9.53 Å². The molecule has 0 aliphatic carbocycles. The van der Waals surface area contributed by atoms with Crippen LogP contribution in [0, 0.1) is 5.41 Å². The second kappa shape index (κ2) is 11.2. The number of nitrogens with zero attached hydrogens (tertiary/aromatic N) is 8. The number of anilines is 3. The lowest BCUT2D eigenvalue weighted by atomic mass is 9.73. The molecular formula is C29H37N9O3. The maximum atomic E-state index is 13.3. The maximum absolute atomic E-state index is 13.3. The molecule has 0 atom stereocenters. The van der Waals surface area contributed by atoms with Crippen LogP contribution in [0.4, 0.5) is 17.3 Å². The summed E-state index contributed by atoms with van der Waals surface area (Å²) in [5, 5.41) is 9.97. The van der Waals surface area contributed by atoms with E-state index < -0.39 is 0 Å². The Bertz CT molecular complexity index is 1570. The molecule has 5 rings (SSSR count). The average molecular weight is 560 g/mol. The second-order valence-corrected chi connectivity index (χ2v) is 11.1. The van der Waals surface area contributed by atoms with Crippen LogP contribution in [-0.2, 0) is 11.3 Å². The summed E-state index contributed by atoms with van der Waals surface area (Å²) in [5.74, 6) is 1.41. The monoisotopic (exact) mass is 559 g/mol. The van der Waals surface area contributed by atoms with Gasteiger partial charge in [-0.2, -0.15) is 10.1 Å². The van der Waals surface area contributed by atoms with Crippen LogP contribution in [0.5, 0.6) is 5.75 Å². The standard InChI is InChI=1S/C29H37N9O3/c1-7-12-37-27(40)22-15-30-28(32-26(22)38(37)25(9-8-13-39)33-35(5)20(2)3)31-21-10-11-23(24(14-21)41-6)36-18-29(19-36)16-34(4)17-29/h7-11,13-15,20H,1,12,16-19H2,2-6H3,(H,30,31,32)/b9-8-,33-25+. The first kappa shape index (κ1) is 28.1. The molecule has 2 aliphatic heterocycles. The SMILES string of the molecule is C=CCn1c(=O)c2cnc(Nc3ccc(N4CC5(CN(C)C5)C4)c(OC)c3)nc2n1C(/C=C\C=O)=N/N(C)C(C)C. The Hall–Kier alpha value is -4.45. The van der Waals surface area contributed by atoms with Gasteiger partial charge in [-0.25, -0.2) is 14.3 Å². The Labute approximate surface area is 239 Å². The highest BCUT2D eigenvalue weighted by molar-refractivity contribution is 6.01. The third kappa shape index (κ3) is 5.34. The number of likely N-dealkylation sites (tertiary alicyclic amines) is 1. The molecule has 216 valence electrons. The predicted octanol–water partition coefficient (Wildman–Crippen LogP) is 2.54. The van der Waals surface area contributed by atoms with Crippen molar-refractivity contribution in [3.63, 3.8) is 0 Å². The van der Waals surface area contributed by atoms with E-state index in [1.165, 1.54) is 17.0 Å². The van der Waals surface area contributed by atoms with E-state index in [4.69, 9.17) is 9.72 Å². The molecule has 1 spiro atoms. The first-order chi connectivity index (χ1) is 19.7. The summed E-state index contributed by atoms with van der Waals surface area (Å²) in [7, 11) is 5.65. The number of hydrogen-bond donors (Lipinski definition) is 1. The molecule has 12 heteroatoms. The van der Waals surface area contributed by atoms with Gasteiger partial charge in [0.2, 0.25) is 5.95 Å². The number of allylic oxidation sites excluding steroid dienone is 3. The number of fused-ring (bicyclic) bond motifs is 1. The van der Waals surface area contributed by atoms with Crippen LogP contribution in [0.2, 0.25) is 0 Å².